The first-order chi connectivity index (χ1) is 13.7. The molecule has 0 saturated heterocycles. The molecule has 1 aromatic carbocycles. The van der Waals surface area contributed by atoms with E-state index in [1.807, 2.05) is 6.92 Å². The van der Waals surface area contributed by atoms with Gasteiger partial charge in [0, 0.05) is 0 Å². The van der Waals surface area contributed by atoms with Crippen molar-refractivity contribution >= 4 is 0 Å². The van der Waals surface area contributed by atoms with Gasteiger partial charge in [0.05, 0.1) is 0 Å². The van der Waals surface area contributed by atoms with Crippen LogP contribution < -0.4 is 4.74 Å². The minimum atomic E-state index is -0.142. The number of ether oxygens (including phenoxy) is 1. The molecule has 1 aliphatic heterocycles. The van der Waals surface area contributed by atoms with Crippen LogP contribution in [0.15, 0.2) is 12.1 Å². The van der Waals surface area contributed by atoms with Gasteiger partial charge in [-0.2, -0.15) is 0 Å². The molecule has 0 aromatic heterocycles. The summed E-state index contributed by atoms with van der Waals surface area (Å²) in [5.74, 6) is 3.31. The molecule has 0 amide bonds. The van der Waals surface area contributed by atoms with E-state index in [1.165, 1.54) is 51.4 Å². The number of hydrogen-bond donors (Lipinski definition) is 0. The van der Waals surface area contributed by atoms with Crippen molar-refractivity contribution in [3.8, 4) is 5.75 Å². The van der Waals surface area contributed by atoms with Crippen molar-refractivity contribution in [2.45, 2.75) is 118 Å². The lowest BCUT2D eigenvalue weighted by molar-refractivity contribution is 0.0514. The number of aryl methyl sites for hydroxylation is 2. The lowest BCUT2D eigenvalue weighted by atomic mass is 9.85. The van der Waals surface area contributed by atoms with E-state index in [-0.39, 0.29) is 11.4 Å². The van der Waals surface area contributed by atoms with Gasteiger partial charge in [0.25, 0.3) is 0 Å². The third-order valence-corrected chi connectivity index (χ3v) is 6.86. The second-order valence-corrected chi connectivity index (χ2v) is 10.6. The summed E-state index contributed by atoms with van der Waals surface area (Å²) in [4.78, 5) is 0. The van der Waals surface area contributed by atoms with Crippen LogP contribution in [0.25, 0.3) is 0 Å². The van der Waals surface area contributed by atoms with Gasteiger partial charge in [-0.3, -0.25) is 0 Å². The molecule has 3 unspecified atom stereocenters. The predicted octanol–water partition coefficient (Wildman–Crippen LogP) is 8.66. The summed E-state index contributed by atoms with van der Waals surface area (Å²) >= 11 is 0. The largest absolute Gasteiger partial charge is 0.487 e. The Morgan fingerprint density at radius 2 is 1.52 bits per heavy atom. The third kappa shape index (κ3) is 8.30. The highest BCUT2D eigenvalue weighted by Crippen LogP contribution is 2.39. The van der Waals surface area contributed by atoms with Gasteiger partial charge in [0.15, 0.2) is 0 Å². The minimum Gasteiger partial charge on any atom is -0.487 e. The second kappa shape index (κ2) is 11.4. The average molecular weight is 405 g/mol. The van der Waals surface area contributed by atoms with Crippen LogP contribution in [0.2, 0.25) is 0 Å². The minimum absolute atomic E-state index is 0.0970. The third-order valence-electron chi connectivity index (χ3n) is 6.86. The highest BCUT2D eigenvalue weighted by Gasteiger charge is 2.32. The predicted molar refractivity (Wildman–Crippen MR) is 123 cm³/mol. The molecule has 2 heteroatoms. The quantitative estimate of drug-likeness (QED) is 0.338. The Morgan fingerprint density at radius 1 is 0.931 bits per heavy atom. The molecule has 0 radical (unpaired) electrons. The Kier molecular flexibility index (Phi) is 9.50. The van der Waals surface area contributed by atoms with Crippen LogP contribution in [-0.2, 0) is 6.42 Å². The molecule has 166 valence electrons. The number of benzene rings is 1. The van der Waals surface area contributed by atoms with Gasteiger partial charge in [0.1, 0.15) is 17.2 Å². The van der Waals surface area contributed by atoms with Gasteiger partial charge in [0.2, 0.25) is 0 Å². The van der Waals surface area contributed by atoms with E-state index in [4.69, 9.17) is 4.74 Å². The van der Waals surface area contributed by atoms with Crippen LogP contribution in [0.1, 0.15) is 110 Å². The molecular formula is C27H45FO. The zero-order chi connectivity index (χ0) is 21.4. The molecule has 1 nitrogen and oxygen atoms in total. The lowest BCUT2D eigenvalue weighted by Crippen LogP contribution is -2.36. The molecule has 0 saturated carbocycles. The maximum Gasteiger partial charge on any atom is 0.126 e. The highest BCUT2D eigenvalue weighted by molar-refractivity contribution is 5.43. The number of rotatable bonds is 12. The van der Waals surface area contributed by atoms with E-state index in [1.54, 1.807) is 12.1 Å². The molecule has 0 spiro atoms. The van der Waals surface area contributed by atoms with Crippen LogP contribution in [0.5, 0.6) is 5.75 Å². The topological polar surface area (TPSA) is 9.23 Å². The molecule has 2 rings (SSSR count). The first-order valence-electron chi connectivity index (χ1n) is 12.2. The maximum atomic E-state index is 13.6. The standard InChI is InChI=1S/C27H45FO/c1-20(2)10-7-11-21(3)12-8-13-22(4)14-9-16-27(6)17-15-24-19-25(28)18-23(5)26(24)29-27/h18-22H,7-17H2,1-6H3. The lowest BCUT2D eigenvalue weighted by Gasteiger charge is -2.37. The van der Waals surface area contributed by atoms with Crippen LogP contribution >= 0.6 is 0 Å². The molecule has 0 fully saturated rings. The van der Waals surface area contributed by atoms with E-state index in [9.17, 15) is 4.39 Å². The monoisotopic (exact) mass is 404 g/mol. The molecule has 3 atom stereocenters. The fourth-order valence-electron chi connectivity index (χ4n) is 4.81. The number of fused-ring (bicyclic) bond motifs is 1. The van der Waals surface area contributed by atoms with Crippen LogP contribution in [0, 0.1) is 30.5 Å². The highest BCUT2D eigenvalue weighted by atomic mass is 19.1. The Bertz CT molecular complexity index is 623. The van der Waals surface area contributed by atoms with E-state index in [0.29, 0.717) is 0 Å². The van der Waals surface area contributed by atoms with Gasteiger partial charge in [-0.15, -0.1) is 0 Å². The molecule has 29 heavy (non-hydrogen) atoms. The molecule has 0 aliphatic carbocycles. The average Bonchev–Trinajstić information content (AvgIpc) is 2.62. The molecule has 1 heterocycles. The van der Waals surface area contributed by atoms with Crippen molar-refractivity contribution in [3.05, 3.63) is 29.1 Å². The molecular weight excluding hydrogens is 359 g/mol. The first kappa shape index (κ1) is 24.2. The molecule has 0 N–H and O–H groups in total. The Hall–Kier alpha value is -1.05. The van der Waals surface area contributed by atoms with E-state index in [2.05, 4.69) is 34.6 Å². The summed E-state index contributed by atoms with van der Waals surface area (Å²) in [7, 11) is 0. The number of hydrogen-bond acceptors (Lipinski definition) is 1. The van der Waals surface area contributed by atoms with Gasteiger partial charge in [-0.1, -0.05) is 72.6 Å². The summed E-state index contributed by atoms with van der Waals surface area (Å²) in [5.41, 5.74) is 1.87. The van der Waals surface area contributed by atoms with Crippen LogP contribution in [0.4, 0.5) is 4.39 Å². The second-order valence-electron chi connectivity index (χ2n) is 10.6. The molecule has 1 aliphatic rings. The Labute approximate surface area is 179 Å². The summed E-state index contributed by atoms with van der Waals surface area (Å²) in [5, 5.41) is 0. The molecule has 0 bridgehead atoms. The zero-order valence-electron chi connectivity index (χ0n) is 20.0. The Morgan fingerprint density at radius 3 is 2.14 bits per heavy atom. The smallest absolute Gasteiger partial charge is 0.126 e. The van der Waals surface area contributed by atoms with Crippen molar-refractivity contribution in [2.75, 3.05) is 0 Å². The van der Waals surface area contributed by atoms with Gasteiger partial charge in [-0.05, 0) is 80.5 Å². The van der Waals surface area contributed by atoms with Crippen molar-refractivity contribution in [1.82, 2.24) is 0 Å². The molecule has 1 aromatic rings. The normalized spacial score (nSPS) is 21.0. The summed E-state index contributed by atoms with van der Waals surface area (Å²) in [6.45, 7) is 13.7. The van der Waals surface area contributed by atoms with Crippen molar-refractivity contribution < 1.29 is 9.13 Å². The van der Waals surface area contributed by atoms with E-state index >= 15 is 0 Å². The van der Waals surface area contributed by atoms with Gasteiger partial charge < -0.3 is 4.74 Å². The van der Waals surface area contributed by atoms with Crippen LogP contribution in [-0.4, -0.2) is 5.60 Å². The fraction of sp³-hybridized carbons (Fsp3) is 0.778. The fourth-order valence-corrected chi connectivity index (χ4v) is 4.81. The van der Waals surface area contributed by atoms with Gasteiger partial charge in [-0.25, -0.2) is 4.39 Å². The maximum absolute atomic E-state index is 13.6. The van der Waals surface area contributed by atoms with Crippen molar-refractivity contribution in [1.29, 1.82) is 0 Å². The summed E-state index contributed by atoms with van der Waals surface area (Å²) in [6.07, 6.45) is 13.8. The van der Waals surface area contributed by atoms with E-state index in [0.717, 1.165) is 53.9 Å². The Balaban J connectivity index is 1.65. The van der Waals surface area contributed by atoms with Crippen molar-refractivity contribution in [3.63, 3.8) is 0 Å². The van der Waals surface area contributed by atoms with Crippen LogP contribution in [0.3, 0.4) is 0 Å². The zero-order valence-corrected chi connectivity index (χ0v) is 20.0. The van der Waals surface area contributed by atoms with Crippen molar-refractivity contribution in [2.24, 2.45) is 17.8 Å². The number of halogens is 1. The van der Waals surface area contributed by atoms with Gasteiger partial charge >= 0.3 is 0 Å². The SMILES string of the molecule is Cc1cc(F)cc2c1OC(C)(CCCC(C)CCCC(C)CCCC(C)C)CC2. The first-order valence-corrected chi connectivity index (χ1v) is 12.2. The summed E-state index contributed by atoms with van der Waals surface area (Å²) < 4.78 is 20.0. The summed E-state index contributed by atoms with van der Waals surface area (Å²) in [6, 6.07) is 3.24. The van der Waals surface area contributed by atoms with E-state index < -0.39 is 0 Å².